The van der Waals surface area contributed by atoms with Crippen LogP contribution in [0.2, 0.25) is 0 Å². The smallest absolute Gasteiger partial charge is 0.166 e. The Hall–Kier alpha value is -6.85. The molecule has 0 fully saturated rings. The van der Waals surface area contributed by atoms with Gasteiger partial charge in [-0.05, 0) is 29.8 Å². The van der Waals surface area contributed by atoms with Crippen LogP contribution < -0.4 is 0 Å². The van der Waals surface area contributed by atoms with E-state index < -0.39 is 0 Å². The van der Waals surface area contributed by atoms with Crippen molar-refractivity contribution in [2.24, 2.45) is 0 Å². The summed E-state index contributed by atoms with van der Waals surface area (Å²) in [5.41, 5.74) is 9.57. The quantitative estimate of drug-likeness (QED) is 0.188. The molecule has 50 heavy (non-hydrogen) atoms. The van der Waals surface area contributed by atoms with Gasteiger partial charge in [-0.25, -0.2) is 15.0 Å². The van der Waals surface area contributed by atoms with Crippen molar-refractivity contribution in [3.05, 3.63) is 170 Å². The van der Waals surface area contributed by atoms with E-state index in [2.05, 4.69) is 102 Å². The van der Waals surface area contributed by atoms with Gasteiger partial charge in [0, 0.05) is 43.9 Å². The minimum atomic E-state index is 0.589. The van der Waals surface area contributed by atoms with Crippen LogP contribution >= 0.6 is 0 Å². The fourth-order valence-corrected chi connectivity index (χ4v) is 7.23. The number of para-hydroxylation sites is 4. The number of rotatable bonds is 5. The van der Waals surface area contributed by atoms with E-state index in [0.717, 1.165) is 77.2 Å². The molecule has 0 spiro atoms. The molecule has 0 bridgehead atoms. The number of aromatic nitrogens is 4. The highest BCUT2D eigenvalue weighted by molar-refractivity contribution is 6.18. The van der Waals surface area contributed by atoms with Gasteiger partial charge < -0.3 is 8.98 Å². The van der Waals surface area contributed by atoms with Crippen molar-refractivity contribution >= 4 is 43.7 Å². The van der Waals surface area contributed by atoms with Crippen LogP contribution in [0.5, 0.6) is 0 Å². The molecule has 5 nitrogen and oxygen atoms in total. The van der Waals surface area contributed by atoms with E-state index in [9.17, 15) is 0 Å². The molecule has 0 aliphatic rings. The molecule has 10 rings (SSSR count). The normalized spacial score (nSPS) is 11.6. The van der Waals surface area contributed by atoms with Crippen molar-refractivity contribution in [2.75, 3.05) is 0 Å². The molecule has 10 aromatic rings. The molecule has 0 aliphatic carbocycles. The van der Waals surface area contributed by atoms with Crippen LogP contribution in [-0.4, -0.2) is 19.5 Å². The van der Waals surface area contributed by atoms with E-state index in [1.165, 1.54) is 0 Å². The van der Waals surface area contributed by atoms with Crippen LogP contribution in [0.15, 0.2) is 174 Å². The lowest BCUT2D eigenvalue weighted by molar-refractivity contribution is 0.670. The predicted molar refractivity (Wildman–Crippen MR) is 203 cm³/mol. The summed E-state index contributed by atoms with van der Waals surface area (Å²) in [7, 11) is 0. The summed E-state index contributed by atoms with van der Waals surface area (Å²) >= 11 is 0. The Kier molecular flexibility index (Phi) is 6.42. The van der Waals surface area contributed by atoms with Gasteiger partial charge in [-0.15, -0.1) is 0 Å². The van der Waals surface area contributed by atoms with Crippen molar-refractivity contribution in [3.63, 3.8) is 0 Å². The van der Waals surface area contributed by atoms with Gasteiger partial charge in [-0.1, -0.05) is 146 Å². The highest BCUT2D eigenvalue weighted by atomic mass is 16.3. The SMILES string of the molecule is c1ccc(-c2nc(-c3ccccc3)nc(-c3c(-c4cccc5c4oc4ccccc45)ccc4c5ccccc5n(-c5ccccc5)c34)n2)cc1. The topological polar surface area (TPSA) is 56.7 Å². The third-order valence-corrected chi connectivity index (χ3v) is 9.47. The van der Waals surface area contributed by atoms with Crippen LogP contribution in [0.25, 0.3) is 94.7 Å². The zero-order valence-electron chi connectivity index (χ0n) is 26.9. The van der Waals surface area contributed by atoms with E-state index >= 15 is 0 Å². The summed E-state index contributed by atoms with van der Waals surface area (Å²) in [6, 6.07) is 58.4. The van der Waals surface area contributed by atoms with Crippen LogP contribution in [0, 0.1) is 0 Å². The summed E-state index contributed by atoms with van der Waals surface area (Å²) in [6.45, 7) is 0. The molecule has 7 aromatic carbocycles. The second-order valence-electron chi connectivity index (χ2n) is 12.4. The van der Waals surface area contributed by atoms with Gasteiger partial charge in [-0.3, -0.25) is 0 Å². The predicted octanol–water partition coefficient (Wildman–Crippen LogP) is 11.5. The summed E-state index contributed by atoms with van der Waals surface area (Å²) in [6.07, 6.45) is 0. The number of fused-ring (bicyclic) bond motifs is 6. The van der Waals surface area contributed by atoms with E-state index in [0.29, 0.717) is 17.5 Å². The van der Waals surface area contributed by atoms with Crippen molar-refractivity contribution in [1.29, 1.82) is 0 Å². The van der Waals surface area contributed by atoms with E-state index in [4.69, 9.17) is 19.4 Å². The van der Waals surface area contributed by atoms with E-state index in [1.54, 1.807) is 0 Å². The second-order valence-corrected chi connectivity index (χ2v) is 12.4. The average molecular weight is 641 g/mol. The minimum absolute atomic E-state index is 0.589. The van der Waals surface area contributed by atoms with Crippen LogP contribution in [0.1, 0.15) is 0 Å². The Morgan fingerprint density at radius 3 is 1.70 bits per heavy atom. The Morgan fingerprint density at radius 1 is 0.400 bits per heavy atom. The highest BCUT2D eigenvalue weighted by Gasteiger charge is 2.25. The van der Waals surface area contributed by atoms with Crippen LogP contribution in [0.3, 0.4) is 0 Å². The number of hydrogen-bond acceptors (Lipinski definition) is 4. The lowest BCUT2D eigenvalue weighted by Crippen LogP contribution is -2.03. The summed E-state index contributed by atoms with van der Waals surface area (Å²) in [4.78, 5) is 15.6. The van der Waals surface area contributed by atoms with Crippen molar-refractivity contribution in [3.8, 4) is 51.0 Å². The molecule has 0 unspecified atom stereocenters. The standard InChI is InChI=1S/C45H28N4O/c1-4-15-29(16-5-1)43-46-44(30-17-6-2-7-18-30)48-45(47-43)40-34(37-24-14-23-36-33-22-11-13-26-39(33)50-42(36)37)27-28-35-32-21-10-12-25-38(32)49(41(35)40)31-19-8-3-9-20-31/h1-28H. The molecule has 0 saturated heterocycles. The summed E-state index contributed by atoms with van der Waals surface area (Å²) in [5.74, 6) is 1.81. The van der Waals surface area contributed by atoms with E-state index in [-0.39, 0.29) is 0 Å². The maximum Gasteiger partial charge on any atom is 0.166 e. The lowest BCUT2D eigenvalue weighted by atomic mass is 9.94. The van der Waals surface area contributed by atoms with Gasteiger partial charge in [0.05, 0.1) is 16.6 Å². The zero-order chi connectivity index (χ0) is 33.0. The first kappa shape index (κ1) is 28.2. The molecular weight excluding hydrogens is 613 g/mol. The van der Waals surface area contributed by atoms with Crippen LogP contribution in [-0.2, 0) is 0 Å². The number of furan rings is 1. The molecule has 5 heteroatoms. The number of benzene rings is 7. The van der Waals surface area contributed by atoms with Gasteiger partial charge in [-0.2, -0.15) is 0 Å². The average Bonchev–Trinajstić information content (AvgIpc) is 3.74. The molecule has 0 aliphatic heterocycles. The largest absolute Gasteiger partial charge is 0.455 e. The lowest BCUT2D eigenvalue weighted by Gasteiger charge is -2.16. The van der Waals surface area contributed by atoms with E-state index in [1.807, 2.05) is 72.8 Å². The maximum absolute atomic E-state index is 6.64. The Labute approximate surface area is 287 Å². The molecule has 3 heterocycles. The molecule has 0 radical (unpaired) electrons. The first-order valence-corrected chi connectivity index (χ1v) is 16.7. The van der Waals surface area contributed by atoms with Gasteiger partial charge in [0.2, 0.25) is 0 Å². The maximum atomic E-state index is 6.64. The van der Waals surface area contributed by atoms with Gasteiger partial charge in [0.25, 0.3) is 0 Å². The van der Waals surface area contributed by atoms with Crippen LogP contribution in [0.4, 0.5) is 0 Å². The monoisotopic (exact) mass is 640 g/mol. The molecular formula is C45H28N4O. The number of hydrogen-bond donors (Lipinski definition) is 0. The Morgan fingerprint density at radius 2 is 0.980 bits per heavy atom. The molecule has 234 valence electrons. The summed E-state index contributed by atoms with van der Waals surface area (Å²) < 4.78 is 8.98. The van der Waals surface area contributed by atoms with Gasteiger partial charge in [0.15, 0.2) is 17.5 Å². The first-order valence-electron chi connectivity index (χ1n) is 16.7. The molecule has 0 amide bonds. The Balaban J connectivity index is 1.39. The highest BCUT2D eigenvalue weighted by Crippen LogP contribution is 2.45. The second kappa shape index (κ2) is 11.4. The minimum Gasteiger partial charge on any atom is -0.455 e. The van der Waals surface area contributed by atoms with Crippen molar-refractivity contribution in [1.82, 2.24) is 19.5 Å². The van der Waals surface area contributed by atoms with Gasteiger partial charge in [0.1, 0.15) is 11.2 Å². The molecule has 0 saturated carbocycles. The first-order chi connectivity index (χ1) is 24.8. The molecule has 0 N–H and O–H groups in total. The van der Waals surface area contributed by atoms with Gasteiger partial charge >= 0.3 is 0 Å². The third-order valence-electron chi connectivity index (χ3n) is 9.47. The zero-order valence-corrected chi connectivity index (χ0v) is 26.9. The fourth-order valence-electron chi connectivity index (χ4n) is 7.23. The van der Waals surface area contributed by atoms with Crippen molar-refractivity contribution in [2.45, 2.75) is 0 Å². The third kappa shape index (κ3) is 4.45. The Bertz CT molecular complexity index is 2800. The number of nitrogens with zero attached hydrogens (tertiary/aromatic N) is 4. The molecule has 0 atom stereocenters. The summed E-state index contributed by atoms with van der Waals surface area (Å²) in [5, 5.41) is 4.42. The fraction of sp³-hybridized carbons (Fsp3) is 0. The van der Waals surface area contributed by atoms with Crippen molar-refractivity contribution < 1.29 is 4.42 Å². The molecule has 3 aromatic heterocycles.